The number of aryl methyl sites for hydroxylation is 1. The zero-order valence-electron chi connectivity index (χ0n) is 11.2. The van der Waals surface area contributed by atoms with Gasteiger partial charge in [-0.2, -0.15) is 0 Å². The number of carbonyl (C=O) groups is 2. The van der Waals surface area contributed by atoms with Crippen molar-refractivity contribution < 1.29 is 14.7 Å². The molecule has 5 nitrogen and oxygen atoms in total. The summed E-state index contributed by atoms with van der Waals surface area (Å²) in [5.41, 5.74) is 7.54. The molecule has 0 aliphatic rings. The van der Waals surface area contributed by atoms with Gasteiger partial charge < -0.3 is 10.8 Å². The molecule has 0 radical (unpaired) electrons. The van der Waals surface area contributed by atoms with Crippen LogP contribution in [0.5, 0.6) is 0 Å². The number of hydrogen-bond donors (Lipinski definition) is 2. The number of thiophene rings is 1. The molecule has 1 aromatic heterocycles. The molecule has 1 heterocycles. The van der Waals surface area contributed by atoms with E-state index in [1.807, 2.05) is 6.92 Å². The van der Waals surface area contributed by atoms with Crippen LogP contribution in [0.1, 0.15) is 15.2 Å². The number of amides is 1. The standard InChI is InChI=1S/C14H13BrN2O3S/c1-8-6-11(21-13(8)15)14(20)17(7-12(18)19)10-5-3-2-4-9(10)16/h2-6H,7,16H2,1H3,(H,18,19). The van der Waals surface area contributed by atoms with Crippen molar-refractivity contribution in [2.75, 3.05) is 17.2 Å². The van der Waals surface area contributed by atoms with Crippen LogP contribution in [-0.2, 0) is 4.79 Å². The van der Waals surface area contributed by atoms with Crippen LogP contribution in [-0.4, -0.2) is 23.5 Å². The van der Waals surface area contributed by atoms with Crippen LogP contribution in [0.25, 0.3) is 0 Å². The van der Waals surface area contributed by atoms with Gasteiger partial charge in [-0.15, -0.1) is 11.3 Å². The molecule has 0 atom stereocenters. The van der Waals surface area contributed by atoms with Crippen LogP contribution in [0.4, 0.5) is 11.4 Å². The second-order valence-corrected chi connectivity index (χ2v) is 6.78. The van der Waals surface area contributed by atoms with E-state index in [1.54, 1.807) is 30.3 Å². The van der Waals surface area contributed by atoms with Crippen molar-refractivity contribution in [1.29, 1.82) is 0 Å². The van der Waals surface area contributed by atoms with E-state index in [0.717, 1.165) is 9.35 Å². The lowest BCUT2D eigenvalue weighted by Gasteiger charge is -2.21. The number of hydrogen-bond acceptors (Lipinski definition) is 4. The number of anilines is 2. The first kappa shape index (κ1) is 15.5. The van der Waals surface area contributed by atoms with Crippen LogP contribution in [0, 0.1) is 6.92 Å². The minimum absolute atomic E-state index is 0.361. The zero-order valence-corrected chi connectivity index (χ0v) is 13.6. The number of rotatable bonds is 4. The number of benzene rings is 1. The smallest absolute Gasteiger partial charge is 0.323 e. The molecule has 0 saturated carbocycles. The predicted octanol–water partition coefficient (Wildman–Crippen LogP) is 3.13. The highest BCUT2D eigenvalue weighted by Crippen LogP contribution is 2.30. The Bertz CT molecular complexity index is 680. The van der Waals surface area contributed by atoms with Gasteiger partial charge in [0.25, 0.3) is 5.91 Å². The number of carbonyl (C=O) groups excluding carboxylic acids is 1. The van der Waals surface area contributed by atoms with E-state index >= 15 is 0 Å². The highest BCUT2D eigenvalue weighted by molar-refractivity contribution is 9.11. The molecule has 1 aromatic carbocycles. The topological polar surface area (TPSA) is 83.6 Å². The van der Waals surface area contributed by atoms with Crippen molar-refractivity contribution in [3.63, 3.8) is 0 Å². The molecule has 1 amide bonds. The van der Waals surface area contributed by atoms with Gasteiger partial charge in [0.15, 0.2) is 0 Å². The van der Waals surface area contributed by atoms with Gasteiger partial charge in [0, 0.05) is 0 Å². The van der Waals surface area contributed by atoms with Crippen molar-refractivity contribution in [3.05, 3.63) is 44.6 Å². The number of para-hydroxylation sites is 2. The maximum atomic E-state index is 12.6. The largest absolute Gasteiger partial charge is 0.480 e. The minimum Gasteiger partial charge on any atom is -0.480 e. The van der Waals surface area contributed by atoms with Gasteiger partial charge in [0.05, 0.1) is 20.0 Å². The second-order valence-electron chi connectivity index (χ2n) is 4.41. The Hall–Kier alpha value is -1.86. The Morgan fingerprint density at radius 1 is 1.38 bits per heavy atom. The SMILES string of the molecule is Cc1cc(C(=O)N(CC(=O)O)c2ccccc2N)sc1Br. The molecular weight excluding hydrogens is 356 g/mol. The van der Waals surface area contributed by atoms with Crippen LogP contribution < -0.4 is 10.6 Å². The van der Waals surface area contributed by atoms with E-state index in [1.165, 1.54) is 16.2 Å². The predicted molar refractivity (Wildman–Crippen MR) is 86.9 cm³/mol. The quantitative estimate of drug-likeness (QED) is 0.811. The molecule has 0 fully saturated rings. The van der Waals surface area contributed by atoms with Crippen molar-refractivity contribution in [2.24, 2.45) is 0 Å². The average molecular weight is 369 g/mol. The summed E-state index contributed by atoms with van der Waals surface area (Å²) in [6.45, 7) is 1.43. The summed E-state index contributed by atoms with van der Waals surface area (Å²) in [6, 6.07) is 8.43. The van der Waals surface area contributed by atoms with Crippen LogP contribution in [0.2, 0.25) is 0 Å². The van der Waals surface area contributed by atoms with Crippen LogP contribution >= 0.6 is 27.3 Å². The second kappa shape index (κ2) is 6.28. The highest BCUT2D eigenvalue weighted by Gasteiger charge is 2.24. The summed E-state index contributed by atoms with van der Waals surface area (Å²) >= 11 is 4.63. The maximum absolute atomic E-state index is 12.6. The zero-order chi connectivity index (χ0) is 15.6. The van der Waals surface area contributed by atoms with Crippen molar-refractivity contribution >= 4 is 50.5 Å². The van der Waals surface area contributed by atoms with Crippen LogP contribution in [0.15, 0.2) is 34.1 Å². The van der Waals surface area contributed by atoms with Crippen LogP contribution in [0.3, 0.4) is 0 Å². The Morgan fingerprint density at radius 3 is 2.57 bits per heavy atom. The molecule has 2 aromatic rings. The fourth-order valence-electron chi connectivity index (χ4n) is 1.83. The Kier molecular flexibility index (Phi) is 4.64. The summed E-state index contributed by atoms with van der Waals surface area (Å²) in [6.07, 6.45) is 0. The third-order valence-electron chi connectivity index (χ3n) is 2.83. The number of nitrogens with two attached hydrogens (primary N) is 1. The summed E-state index contributed by atoms with van der Waals surface area (Å²) in [5.74, 6) is -1.48. The fourth-order valence-corrected chi connectivity index (χ4v) is 3.32. The third kappa shape index (κ3) is 3.43. The number of aliphatic carboxylic acids is 1. The molecule has 0 spiro atoms. The van der Waals surface area contributed by atoms with Gasteiger partial charge in [-0.3, -0.25) is 14.5 Å². The average Bonchev–Trinajstić information content (AvgIpc) is 2.76. The normalized spacial score (nSPS) is 10.4. The Morgan fingerprint density at radius 2 is 2.05 bits per heavy atom. The van der Waals surface area contributed by atoms with E-state index in [0.29, 0.717) is 16.3 Å². The van der Waals surface area contributed by atoms with Gasteiger partial charge in [-0.25, -0.2) is 0 Å². The van der Waals surface area contributed by atoms with Gasteiger partial charge in [-0.05, 0) is 46.6 Å². The summed E-state index contributed by atoms with van der Waals surface area (Å²) in [4.78, 5) is 25.3. The number of nitrogens with zero attached hydrogens (tertiary/aromatic N) is 1. The number of carboxylic acids is 1. The van der Waals surface area contributed by atoms with Crippen molar-refractivity contribution in [3.8, 4) is 0 Å². The Balaban J connectivity index is 2.43. The molecule has 0 bridgehead atoms. The molecule has 2 rings (SSSR count). The molecule has 0 unspecified atom stereocenters. The molecule has 110 valence electrons. The van der Waals surface area contributed by atoms with E-state index in [-0.39, 0.29) is 5.91 Å². The maximum Gasteiger partial charge on any atom is 0.323 e. The Labute approximate surface area is 134 Å². The van der Waals surface area contributed by atoms with Gasteiger partial charge >= 0.3 is 5.97 Å². The van der Waals surface area contributed by atoms with E-state index in [2.05, 4.69) is 15.9 Å². The summed E-state index contributed by atoms with van der Waals surface area (Å²) < 4.78 is 0.849. The first-order chi connectivity index (χ1) is 9.90. The summed E-state index contributed by atoms with van der Waals surface area (Å²) in [7, 11) is 0. The molecular formula is C14H13BrN2O3S. The molecule has 0 aliphatic heterocycles. The van der Waals surface area contributed by atoms with Gasteiger partial charge in [0.2, 0.25) is 0 Å². The number of nitrogen functional groups attached to an aromatic ring is 1. The molecule has 0 aliphatic carbocycles. The lowest BCUT2D eigenvalue weighted by molar-refractivity contribution is -0.135. The lowest BCUT2D eigenvalue weighted by Crippen LogP contribution is -2.35. The molecule has 7 heteroatoms. The van der Waals surface area contributed by atoms with E-state index in [9.17, 15) is 9.59 Å². The third-order valence-corrected chi connectivity index (χ3v) is 4.96. The summed E-state index contributed by atoms with van der Waals surface area (Å²) in [5, 5.41) is 9.05. The first-order valence-corrected chi connectivity index (χ1v) is 7.65. The highest BCUT2D eigenvalue weighted by atomic mass is 79.9. The van der Waals surface area contributed by atoms with Gasteiger partial charge in [0.1, 0.15) is 6.54 Å². The number of carboxylic acid groups (broad SMARTS) is 1. The molecule has 3 N–H and O–H groups in total. The number of halogens is 1. The van der Waals surface area contributed by atoms with Gasteiger partial charge in [-0.1, -0.05) is 12.1 Å². The van der Waals surface area contributed by atoms with Crippen molar-refractivity contribution in [2.45, 2.75) is 6.92 Å². The minimum atomic E-state index is -1.10. The molecule has 21 heavy (non-hydrogen) atoms. The first-order valence-electron chi connectivity index (χ1n) is 6.04. The fraction of sp³-hybridized carbons (Fsp3) is 0.143. The van der Waals surface area contributed by atoms with E-state index in [4.69, 9.17) is 10.8 Å². The molecule has 0 saturated heterocycles. The van der Waals surface area contributed by atoms with Crippen molar-refractivity contribution in [1.82, 2.24) is 0 Å². The monoisotopic (exact) mass is 368 g/mol. The van der Waals surface area contributed by atoms with E-state index < -0.39 is 12.5 Å². The lowest BCUT2D eigenvalue weighted by atomic mass is 10.2.